The SMILES string of the molecule is COC(=O)[C@@H](O)[C@H](Sc1ccccc1N)c1ccccc1. The van der Waals surface area contributed by atoms with Crippen LogP contribution in [-0.2, 0) is 9.53 Å². The molecular formula is C16H17NO3S. The van der Waals surface area contributed by atoms with Gasteiger partial charge in [0.05, 0.1) is 12.4 Å². The summed E-state index contributed by atoms with van der Waals surface area (Å²) in [5.74, 6) is -0.661. The number of methoxy groups -OCH3 is 1. The summed E-state index contributed by atoms with van der Waals surface area (Å²) in [6.07, 6.45) is -1.26. The van der Waals surface area contributed by atoms with Crippen LogP contribution in [0.2, 0.25) is 0 Å². The minimum absolute atomic E-state index is 0.483. The lowest BCUT2D eigenvalue weighted by atomic mass is 10.1. The van der Waals surface area contributed by atoms with Gasteiger partial charge in [0.25, 0.3) is 0 Å². The molecule has 0 aliphatic rings. The molecule has 2 rings (SSSR count). The third kappa shape index (κ3) is 3.77. The van der Waals surface area contributed by atoms with Crippen molar-refractivity contribution in [2.75, 3.05) is 12.8 Å². The minimum atomic E-state index is -1.26. The van der Waals surface area contributed by atoms with E-state index in [1.54, 1.807) is 6.07 Å². The molecule has 5 heteroatoms. The number of esters is 1. The number of carbonyl (C=O) groups is 1. The predicted octanol–water partition coefficient (Wildman–Crippen LogP) is 2.64. The Hall–Kier alpha value is -1.98. The van der Waals surface area contributed by atoms with E-state index < -0.39 is 17.3 Å². The summed E-state index contributed by atoms with van der Waals surface area (Å²) in [6, 6.07) is 16.7. The van der Waals surface area contributed by atoms with Crippen molar-refractivity contribution >= 4 is 23.4 Å². The van der Waals surface area contributed by atoms with Crippen molar-refractivity contribution in [3.05, 3.63) is 60.2 Å². The summed E-state index contributed by atoms with van der Waals surface area (Å²) in [4.78, 5) is 12.5. The second kappa shape index (κ2) is 7.15. The fourth-order valence-corrected chi connectivity index (χ4v) is 3.09. The van der Waals surface area contributed by atoms with Gasteiger partial charge < -0.3 is 15.6 Å². The number of aliphatic hydroxyl groups excluding tert-OH is 1. The lowest BCUT2D eigenvalue weighted by Crippen LogP contribution is -2.27. The number of thioether (sulfide) groups is 1. The Bertz CT molecular complexity index is 603. The van der Waals surface area contributed by atoms with Gasteiger partial charge in [-0.3, -0.25) is 0 Å². The minimum Gasteiger partial charge on any atom is -0.467 e. The molecule has 0 saturated heterocycles. The van der Waals surface area contributed by atoms with Gasteiger partial charge in [0.2, 0.25) is 0 Å². The van der Waals surface area contributed by atoms with E-state index in [1.807, 2.05) is 48.5 Å². The first-order valence-electron chi connectivity index (χ1n) is 6.45. The average Bonchev–Trinajstić information content (AvgIpc) is 2.53. The number of benzene rings is 2. The highest BCUT2D eigenvalue weighted by Gasteiger charge is 2.29. The molecule has 3 N–H and O–H groups in total. The molecule has 0 amide bonds. The number of anilines is 1. The number of hydrogen-bond donors (Lipinski definition) is 2. The molecule has 2 atom stereocenters. The van der Waals surface area contributed by atoms with Crippen LogP contribution in [0.15, 0.2) is 59.5 Å². The Labute approximate surface area is 127 Å². The first kappa shape index (κ1) is 15.4. The summed E-state index contributed by atoms with van der Waals surface area (Å²) in [5, 5.41) is 9.76. The Morgan fingerprint density at radius 2 is 1.76 bits per heavy atom. The van der Waals surface area contributed by atoms with Crippen molar-refractivity contribution in [1.82, 2.24) is 0 Å². The predicted molar refractivity (Wildman–Crippen MR) is 83.9 cm³/mol. The average molecular weight is 303 g/mol. The maximum Gasteiger partial charge on any atom is 0.336 e. The van der Waals surface area contributed by atoms with E-state index in [4.69, 9.17) is 5.73 Å². The van der Waals surface area contributed by atoms with Gasteiger partial charge in [-0.25, -0.2) is 4.79 Å². The van der Waals surface area contributed by atoms with E-state index >= 15 is 0 Å². The van der Waals surface area contributed by atoms with Gasteiger partial charge in [0.1, 0.15) is 0 Å². The molecule has 2 aromatic carbocycles. The molecule has 0 heterocycles. The van der Waals surface area contributed by atoms with E-state index in [0.717, 1.165) is 10.5 Å². The van der Waals surface area contributed by atoms with Gasteiger partial charge in [-0.1, -0.05) is 42.5 Å². The van der Waals surface area contributed by atoms with Gasteiger partial charge in [-0.05, 0) is 17.7 Å². The molecule has 0 aromatic heterocycles. The van der Waals surface area contributed by atoms with Crippen LogP contribution in [0.1, 0.15) is 10.8 Å². The Morgan fingerprint density at radius 1 is 1.14 bits per heavy atom. The zero-order valence-electron chi connectivity index (χ0n) is 11.6. The maximum absolute atomic E-state index is 11.7. The zero-order valence-corrected chi connectivity index (χ0v) is 12.4. The number of nitrogens with two attached hydrogens (primary N) is 1. The molecule has 21 heavy (non-hydrogen) atoms. The van der Waals surface area contributed by atoms with Gasteiger partial charge in [0, 0.05) is 10.6 Å². The first-order chi connectivity index (χ1) is 10.1. The maximum atomic E-state index is 11.7. The molecule has 0 bridgehead atoms. The van der Waals surface area contributed by atoms with E-state index in [9.17, 15) is 9.90 Å². The molecule has 0 saturated carbocycles. The fraction of sp³-hybridized carbons (Fsp3) is 0.188. The summed E-state index contributed by atoms with van der Waals surface area (Å²) in [6.45, 7) is 0. The number of carbonyl (C=O) groups excluding carboxylic acids is 1. The largest absolute Gasteiger partial charge is 0.467 e. The molecule has 0 radical (unpaired) electrons. The normalized spacial score (nSPS) is 13.4. The Balaban J connectivity index is 2.33. The molecule has 4 nitrogen and oxygen atoms in total. The topological polar surface area (TPSA) is 72.5 Å². The molecule has 0 aliphatic carbocycles. The van der Waals surface area contributed by atoms with Crippen LogP contribution in [0.4, 0.5) is 5.69 Å². The van der Waals surface area contributed by atoms with Gasteiger partial charge in [-0.2, -0.15) is 0 Å². The Kier molecular flexibility index (Phi) is 5.25. The van der Waals surface area contributed by atoms with E-state index in [1.165, 1.54) is 18.9 Å². The summed E-state index contributed by atoms with van der Waals surface area (Å²) >= 11 is 1.34. The van der Waals surface area contributed by atoms with Crippen molar-refractivity contribution in [2.45, 2.75) is 16.2 Å². The highest BCUT2D eigenvalue weighted by molar-refractivity contribution is 7.99. The second-order valence-corrected chi connectivity index (χ2v) is 5.64. The molecule has 110 valence electrons. The lowest BCUT2D eigenvalue weighted by molar-refractivity contribution is -0.150. The van der Waals surface area contributed by atoms with Gasteiger partial charge in [-0.15, -0.1) is 11.8 Å². The molecule has 0 aliphatic heterocycles. The van der Waals surface area contributed by atoms with Crippen LogP contribution in [0.5, 0.6) is 0 Å². The third-order valence-corrected chi connectivity index (χ3v) is 4.44. The summed E-state index contributed by atoms with van der Waals surface area (Å²) < 4.78 is 4.65. The summed E-state index contributed by atoms with van der Waals surface area (Å²) in [7, 11) is 1.26. The standard InChI is InChI=1S/C16H17NO3S/c1-20-16(19)14(18)15(11-7-3-2-4-8-11)21-13-10-6-5-9-12(13)17/h2-10,14-15,18H,17H2,1H3/t14-,15+/m0/s1. The van der Waals surface area contributed by atoms with Crippen molar-refractivity contribution in [3.63, 3.8) is 0 Å². The summed E-state index contributed by atoms with van der Waals surface area (Å²) in [5.41, 5.74) is 7.39. The second-order valence-electron chi connectivity index (χ2n) is 4.45. The van der Waals surface area contributed by atoms with Crippen LogP contribution < -0.4 is 5.73 Å². The lowest BCUT2D eigenvalue weighted by Gasteiger charge is -2.21. The monoisotopic (exact) mass is 303 g/mol. The molecule has 2 aromatic rings. The van der Waals surface area contributed by atoms with E-state index in [-0.39, 0.29) is 0 Å². The smallest absolute Gasteiger partial charge is 0.336 e. The number of para-hydroxylation sites is 1. The van der Waals surface area contributed by atoms with Crippen molar-refractivity contribution in [1.29, 1.82) is 0 Å². The zero-order chi connectivity index (χ0) is 15.2. The molecule has 0 fully saturated rings. The number of rotatable bonds is 5. The first-order valence-corrected chi connectivity index (χ1v) is 7.33. The van der Waals surface area contributed by atoms with E-state index in [2.05, 4.69) is 4.74 Å². The molecular weight excluding hydrogens is 286 g/mol. The molecule has 0 spiro atoms. The van der Waals surface area contributed by atoms with Crippen molar-refractivity contribution < 1.29 is 14.6 Å². The van der Waals surface area contributed by atoms with Crippen LogP contribution in [0, 0.1) is 0 Å². The van der Waals surface area contributed by atoms with E-state index in [0.29, 0.717) is 5.69 Å². The number of ether oxygens (including phenoxy) is 1. The fourth-order valence-electron chi connectivity index (χ4n) is 1.93. The van der Waals surface area contributed by atoms with Crippen LogP contribution in [0.25, 0.3) is 0 Å². The number of hydrogen-bond acceptors (Lipinski definition) is 5. The quantitative estimate of drug-likeness (QED) is 0.505. The van der Waals surface area contributed by atoms with Crippen molar-refractivity contribution in [3.8, 4) is 0 Å². The molecule has 0 unspecified atom stereocenters. The van der Waals surface area contributed by atoms with Crippen LogP contribution in [-0.4, -0.2) is 24.3 Å². The van der Waals surface area contributed by atoms with Crippen LogP contribution >= 0.6 is 11.8 Å². The number of aliphatic hydroxyl groups is 1. The highest BCUT2D eigenvalue weighted by atomic mass is 32.2. The highest BCUT2D eigenvalue weighted by Crippen LogP contribution is 2.40. The third-order valence-electron chi connectivity index (χ3n) is 3.03. The van der Waals surface area contributed by atoms with Crippen LogP contribution in [0.3, 0.4) is 0 Å². The van der Waals surface area contributed by atoms with Gasteiger partial charge in [0.15, 0.2) is 6.10 Å². The van der Waals surface area contributed by atoms with Gasteiger partial charge >= 0.3 is 5.97 Å². The number of nitrogen functional groups attached to an aromatic ring is 1. The van der Waals surface area contributed by atoms with Crippen molar-refractivity contribution in [2.24, 2.45) is 0 Å². The Morgan fingerprint density at radius 3 is 2.38 bits per heavy atom.